The number of nitrogens with two attached hydrogens (primary N) is 1. The normalized spacial score (nSPS) is 12.3. The van der Waals surface area contributed by atoms with Crippen molar-refractivity contribution in [2.24, 2.45) is 5.73 Å². The highest BCUT2D eigenvalue weighted by Gasteiger charge is 2.12. The van der Waals surface area contributed by atoms with Crippen LogP contribution in [0.25, 0.3) is 0 Å². The Hall–Kier alpha value is -0.770. The summed E-state index contributed by atoms with van der Waals surface area (Å²) in [5, 5.41) is 3.56. The Morgan fingerprint density at radius 3 is 2.73 bits per heavy atom. The van der Waals surface area contributed by atoms with Crippen LogP contribution in [-0.4, -0.2) is 18.5 Å². The molecular formula is C10H12Cl2N2O. The standard InChI is InChI=1S/C10H12Cl2N2O/c1-6(5-13)14-10(15)8-3-2-7(11)4-9(8)12/h2-4,6H,5,13H2,1H3,(H,14,15)/t6-/m1/s1. The molecule has 82 valence electrons. The third-order valence-electron chi connectivity index (χ3n) is 1.91. The van der Waals surface area contributed by atoms with Gasteiger partial charge in [-0.1, -0.05) is 23.2 Å². The van der Waals surface area contributed by atoms with E-state index in [1.807, 2.05) is 6.92 Å². The van der Waals surface area contributed by atoms with E-state index in [9.17, 15) is 4.79 Å². The molecule has 0 heterocycles. The minimum atomic E-state index is -0.241. The van der Waals surface area contributed by atoms with Crippen LogP contribution in [0.15, 0.2) is 18.2 Å². The molecule has 0 unspecified atom stereocenters. The highest BCUT2D eigenvalue weighted by molar-refractivity contribution is 6.36. The molecule has 1 amide bonds. The summed E-state index contributed by atoms with van der Waals surface area (Å²) in [5.41, 5.74) is 5.80. The highest BCUT2D eigenvalue weighted by Crippen LogP contribution is 2.20. The first kappa shape index (κ1) is 12.3. The van der Waals surface area contributed by atoms with Crippen LogP contribution in [0.4, 0.5) is 0 Å². The third kappa shape index (κ3) is 3.38. The summed E-state index contributed by atoms with van der Waals surface area (Å²) in [4.78, 5) is 11.7. The number of rotatable bonds is 3. The lowest BCUT2D eigenvalue weighted by Gasteiger charge is -2.12. The van der Waals surface area contributed by atoms with Gasteiger partial charge in [-0.15, -0.1) is 0 Å². The van der Waals surface area contributed by atoms with E-state index >= 15 is 0 Å². The van der Waals surface area contributed by atoms with Crippen LogP contribution in [0.1, 0.15) is 17.3 Å². The minimum Gasteiger partial charge on any atom is -0.348 e. The summed E-state index contributed by atoms with van der Waals surface area (Å²) in [7, 11) is 0. The van der Waals surface area contributed by atoms with Gasteiger partial charge in [-0.2, -0.15) is 0 Å². The minimum absolute atomic E-state index is 0.0794. The number of hydrogen-bond acceptors (Lipinski definition) is 2. The van der Waals surface area contributed by atoms with E-state index in [-0.39, 0.29) is 11.9 Å². The van der Waals surface area contributed by atoms with Crippen LogP contribution >= 0.6 is 23.2 Å². The van der Waals surface area contributed by atoms with E-state index in [0.29, 0.717) is 22.2 Å². The zero-order valence-corrected chi connectivity index (χ0v) is 9.77. The molecule has 0 bridgehead atoms. The van der Waals surface area contributed by atoms with Crippen molar-refractivity contribution < 1.29 is 4.79 Å². The summed E-state index contributed by atoms with van der Waals surface area (Å²) in [5.74, 6) is -0.241. The number of halogens is 2. The van der Waals surface area contributed by atoms with Gasteiger partial charge in [-0.25, -0.2) is 0 Å². The van der Waals surface area contributed by atoms with Gasteiger partial charge >= 0.3 is 0 Å². The fourth-order valence-corrected chi connectivity index (χ4v) is 1.53. The summed E-state index contributed by atoms with van der Waals surface area (Å²) in [6.45, 7) is 2.21. The maximum atomic E-state index is 11.7. The SMILES string of the molecule is C[C@H](CN)NC(=O)c1ccc(Cl)cc1Cl. The molecule has 0 fully saturated rings. The molecule has 3 nitrogen and oxygen atoms in total. The number of nitrogens with one attached hydrogen (secondary N) is 1. The van der Waals surface area contributed by atoms with Gasteiger partial charge in [0.1, 0.15) is 0 Å². The Bertz CT molecular complexity index is 368. The van der Waals surface area contributed by atoms with Crippen molar-refractivity contribution in [3.63, 3.8) is 0 Å². The van der Waals surface area contributed by atoms with Gasteiger partial charge in [0, 0.05) is 17.6 Å². The number of carbonyl (C=O) groups is 1. The van der Waals surface area contributed by atoms with Crippen LogP contribution in [0.3, 0.4) is 0 Å². The van der Waals surface area contributed by atoms with Crippen molar-refractivity contribution in [1.82, 2.24) is 5.32 Å². The zero-order chi connectivity index (χ0) is 11.4. The molecule has 3 N–H and O–H groups in total. The first-order valence-electron chi connectivity index (χ1n) is 4.50. The van der Waals surface area contributed by atoms with Crippen molar-refractivity contribution >= 4 is 29.1 Å². The predicted octanol–water partition coefficient (Wildman–Crippen LogP) is 2.07. The average molecular weight is 247 g/mol. The molecule has 0 saturated heterocycles. The second-order valence-corrected chi connectivity index (χ2v) is 4.08. The molecule has 1 atom stereocenters. The summed E-state index contributed by atoms with van der Waals surface area (Å²) in [6, 6.07) is 4.66. The molecule has 0 saturated carbocycles. The van der Waals surface area contributed by atoms with Crippen LogP contribution in [0.2, 0.25) is 10.0 Å². The molecule has 15 heavy (non-hydrogen) atoms. The first-order valence-corrected chi connectivity index (χ1v) is 5.26. The molecule has 0 aliphatic carbocycles. The molecule has 0 aliphatic rings. The molecule has 0 radical (unpaired) electrons. The van der Waals surface area contributed by atoms with Gasteiger partial charge in [0.2, 0.25) is 0 Å². The lowest BCUT2D eigenvalue weighted by Crippen LogP contribution is -2.37. The van der Waals surface area contributed by atoms with E-state index < -0.39 is 0 Å². The molecular weight excluding hydrogens is 235 g/mol. The molecule has 0 spiro atoms. The van der Waals surface area contributed by atoms with Gasteiger partial charge in [0.05, 0.1) is 10.6 Å². The molecule has 1 aromatic rings. The second-order valence-electron chi connectivity index (χ2n) is 3.23. The van der Waals surface area contributed by atoms with E-state index in [0.717, 1.165) is 0 Å². The van der Waals surface area contributed by atoms with E-state index in [1.165, 1.54) is 6.07 Å². The molecule has 1 rings (SSSR count). The highest BCUT2D eigenvalue weighted by atomic mass is 35.5. The Balaban J connectivity index is 2.82. The molecule has 5 heteroatoms. The largest absolute Gasteiger partial charge is 0.348 e. The topological polar surface area (TPSA) is 55.1 Å². The Labute approximate surface area is 98.5 Å². The molecule has 0 aromatic heterocycles. The van der Waals surface area contributed by atoms with Crippen LogP contribution in [0.5, 0.6) is 0 Å². The van der Waals surface area contributed by atoms with Gasteiger partial charge in [-0.05, 0) is 25.1 Å². The van der Waals surface area contributed by atoms with Crippen molar-refractivity contribution in [2.75, 3.05) is 6.54 Å². The van der Waals surface area contributed by atoms with Crippen molar-refractivity contribution in [2.45, 2.75) is 13.0 Å². The van der Waals surface area contributed by atoms with Crippen LogP contribution in [0, 0.1) is 0 Å². The van der Waals surface area contributed by atoms with Crippen molar-refractivity contribution in [3.8, 4) is 0 Å². The quantitative estimate of drug-likeness (QED) is 0.859. The fourth-order valence-electron chi connectivity index (χ4n) is 1.03. The smallest absolute Gasteiger partial charge is 0.253 e. The lowest BCUT2D eigenvalue weighted by atomic mass is 10.2. The predicted molar refractivity (Wildman–Crippen MR) is 62.4 cm³/mol. The van der Waals surface area contributed by atoms with Crippen molar-refractivity contribution in [1.29, 1.82) is 0 Å². The summed E-state index contributed by atoms with van der Waals surface area (Å²) in [6.07, 6.45) is 0. The maximum Gasteiger partial charge on any atom is 0.253 e. The summed E-state index contributed by atoms with van der Waals surface area (Å²) >= 11 is 11.6. The van der Waals surface area contributed by atoms with E-state index in [2.05, 4.69) is 5.32 Å². The van der Waals surface area contributed by atoms with Gasteiger partial charge in [0.15, 0.2) is 0 Å². The number of amides is 1. The average Bonchev–Trinajstić information content (AvgIpc) is 2.17. The zero-order valence-electron chi connectivity index (χ0n) is 8.26. The van der Waals surface area contributed by atoms with Crippen molar-refractivity contribution in [3.05, 3.63) is 33.8 Å². The molecule has 1 aromatic carbocycles. The van der Waals surface area contributed by atoms with Gasteiger partial charge in [0.25, 0.3) is 5.91 Å². The van der Waals surface area contributed by atoms with E-state index in [1.54, 1.807) is 12.1 Å². The van der Waals surface area contributed by atoms with E-state index in [4.69, 9.17) is 28.9 Å². The fraction of sp³-hybridized carbons (Fsp3) is 0.300. The number of benzene rings is 1. The number of carbonyl (C=O) groups excluding carboxylic acids is 1. The van der Waals surface area contributed by atoms with Crippen LogP contribution < -0.4 is 11.1 Å². The monoisotopic (exact) mass is 246 g/mol. The summed E-state index contributed by atoms with van der Waals surface area (Å²) < 4.78 is 0. The lowest BCUT2D eigenvalue weighted by molar-refractivity contribution is 0.0941. The molecule has 0 aliphatic heterocycles. The van der Waals surface area contributed by atoms with Gasteiger partial charge in [-0.3, -0.25) is 4.79 Å². The second kappa shape index (κ2) is 5.35. The third-order valence-corrected chi connectivity index (χ3v) is 2.45. The number of hydrogen-bond donors (Lipinski definition) is 2. The first-order chi connectivity index (χ1) is 7.04. The Morgan fingerprint density at radius 2 is 2.20 bits per heavy atom. The Morgan fingerprint density at radius 1 is 1.53 bits per heavy atom. The Kier molecular flexibility index (Phi) is 4.39. The maximum absolute atomic E-state index is 11.7. The van der Waals surface area contributed by atoms with Crippen LogP contribution in [-0.2, 0) is 0 Å². The van der Waals surface area contributed by atoms with Gasteiger partial charge < -0.3 is 11.1 Å².